The Balaban J connectivity index is 1.68. The normalized spacial score (nSPS) is 10.3. The number of carbonyl (C=O) groups is 1. The van der Waals surface area contributed by atoms with Gasteiger partial charge in [-0.1, -0.05) is 48.0 Å². The van der Waals surface area contributed by atoms with Gasteiger partial charge in [0.15, 0.2) is 5.78 Å². The van der Waals surface area contributed by atoms with Crippen LogP contribution in [0.5, 0.6) is 11.5 Å². The first-order valence-electron chi connectivity index (χ1n) is 7.62. The molecule has 0 fully saturated rings. The molecule has 3 aromatic carbocycles. The molecule has 0 spiro atoms. The number of hydrogen-bond donors (Lipinski definition) is 0. The van der Waals surface area contributed by atoms with Crippen molar-refractivity contribution in [2.24, 2.45) is 0 Å². The number of hydrogen-bond acceptors (Lipinski definition) is 2. The summed E-state index contributed by atoms with van der Waals surface area (Å²) in [6.45, 7) is 2.03. The van der Waals surface area contributed by atoms with Crippen LogP contribution in [0, 0.1) is 6.92 Å². The summed E-state index contributed by atoms with van der Waals surface area (Å²) in [5.41, 5.74) is 2.91. The largest absolute Gasteiger partial charge is 0.457 e. The molecule has 0 atom stereocenters. The Morgan fingerprint density at radius 2 is 1.52 bits per heavy atom. The zero-order chi connectivity index (χ0) is 16.1. The third-order valence-corrected chi connectivity index (χ3v) is 3.60. The van der Waals surface area contributed by atoms with Gasteiger partial charge in [-0.25, -0.2) is 0 Å². The predicted molar refractivity (Wildman–Crippen MR) is 92.2 cm³/mol. The van der Waals surface area contributed by atoms with E-state index in [1.165, 1.54) is 5.56 Å². The molecule has 2 nitrogen and oxygen atoms in total. The van der Waals surface area contributed by atoms with Gasteiger partial charge >= 0.3 is 0 Å². The molecular weight excluding hydrogens is 284 g/mol. The summed E-state index contributed by atoms with van der Waals surface area (Å²) in [7, 11) is 0. The molecule has 0 heterocycles. The van der Waals surface area contributed by atoms with Crippen LogP contribution in [0.1, 0.15) is 21.5 Å². The highest BCUT2D eigenvalue weighted by atomic mass is 16.5. The number of ether oxygens (including phenoxy) is 1. The van der Waals surface area contributed by atoms with Crippen LogP contribution in [-0.2, 0) is 6.42 Å². The molecule has 114 valence electrons. The molecule has 0 aliphatic heterocycles. The van der Waals surface area contributed by atoms with Crippen molar-refractivity contribution in [2.75, 3.05) is 0 Å². The molecule has 0 unspecified atom stereocenters. The molecule has 2 heteroatoms. The molecule has 0 bridgehead atoms. The number of rotatable bonds is 5. The summed E-state index contributed by atoms with van der Waals surface area (Å²) in [4.78, 5) is 12.4. The first-order chi connectivity index (χ1) is 11.2. The van der Waals surface area contributed by atoms with Gasteiger partial charge in [-0.15, -0.1) is 0 Å². The van der Waals surface area contributed by atoms with E-state index in [2.05, 4.69) is 0 Å². The lowest BCUT2D eigenvalue weighted by atomic mass is 10.0. The number of carbonyl (C=O) groups excluding carboxylic acids is 1. The summed E-state index contributed by atoms with van der Waals surface area (Å²) in [5, 5.41) is 0. The molecular formula is C21H18O2. The maximum atomic E-state index is 12.4. The second-order valence-corrected chi connectivity index (χ2v) is 5.53. The van der Waals surface area contributed by atoms with E-state index in [4.69, 9.17) is 4.74 Å². The fourth-order valence-electron chi connectivity index (χ4n) is 2.44. The predicted octanol–water partition coefficient (Wildman–Crippen LogP) is 5.21. The van der Waals surface area contributed by atoms with Gasteiger partial charge < -0.3 is 4.74 Å². The highest BCUT2D eigenvalue weighted by Crippen LogP contribution is 2.21. The highest BCUT2D eigenvalue weighted by molar-refractivity contribution is 5.97. The van der Waals surface area contributed by atoms with Gasteiger partial charge in [-0.2, -0.15) is 0 Å². The smallest absolute Gasteiger partial charge is 0.167 e. The Morgan fingerprint density at radius 3 is 2.22 bits per heavy atom. The number of aryl methyl sites for hydroxylation is 1. The van der Waals surface area contributed by atoms with E-state index in [0.717, 1.165) is 17.1 Å². The monoisotopic (exact) mass is 302 g/mol. The molecule has 3 aromatic rings. The van der Waals surface area contributed by atoms with Crippen LogP contribution in [0.15, 0.2) is 78.9 Å². The van der Waals surface area contributed by atoms with Crippen molar-refractivity contribution >= 4 is 5.78 Å². The molecule has 0 saturated carbocycles. The molecule has 0 aliphatic rings. The van der Waals surface area contributed by atoms with Crippen LogP contribution in [0.2, 0.25) is 0 Å². The fourth-order valence-corrected chi connectivity index (χ4v) is 2.44. The van der Waals surface area contributed by atoms with E-state index in [-0.39, 0.29) is 5.78 Å². The van der Waals surface area contributed by atoms with Gasteiger partial charge in [0, 0.05) is 12.0 Å². The SMILES string of the molecule is Cc1cccc(CC(=O)c2ccc(Oc3ccccc3)cc2)c1. The Kier molecular flexibility index (Phi) is 4.53. The van der Waals surface area contributed by atoms with Crippen LogP contribution >= 0.6 is 0 Å². The summed E-state index contributed by atoms with van der Waals surface area (Å²) < 4.78 is 5.74. The zero-order valence-electron chi connectivity index (χ0n) is 13.0. The van der Waals surface area contributed by atoms with Gasteiger partial charge in [0.1, 0.15) is 11.5 Å². The number of benzene rings is 3. The summed E-state index contributed by atoms with van der Waals surface area (Å²) in [6.07, 6.45) is 0.417. The Labute approximate surface area is 136 Å². The second kappa shape index (κ2) is 6.93. The topological polar surface area (TPSA) is 26.3 Å². The molecule has 0 amide bonds. The van der Waals surface area contributed by atoms with Crippen molar-refractivity contribution in [3.05, 3.63) is 95.6 Å². The Bertz CT molecular complexity index is 790. The van der Waals surface area contributed by atoms with Gasteiger partial charge in [0.2, 0.25) is 0 Å². The number of ketones is 1. The third kappa shape index (κ3) is 4.07. The standard InChI is InChI=1S/C21H18O2/c1-16-6-5-7-17(14-16)15-21(22)18-10-12-20(13-11-18)23-19-8-3-2-4-9-19/h2-14H,15H2,1H3. The number of Topliss-reactive ketones (excluding diaryl/α,β-unsaturated/α-hetero) is 1. The van der Waals surface area contributed by atoms with E-state index in [1.807, 2.05) is 85.8 Å². The minimum absolute atomic E-state index is 0.113. The molecule has 3 rings (SSSR count). The van der Waals surface area contributed by atoms with Crippen LogP contribution in [0.25, 0.3) is 0 Å². The van der Waals surface area contributed by atoms with E-state index in [9.17, 15) is 4.79 Å². The maximum absolute atomic E-state index is 12.4. The summed E-state index contributed by atoms with van der Waals surface area (Å²) in [6, 6.07) is 24.9. The van der Waals surface area contributed by atoms with Gasteiger partial charge in [0.25, 0.3) is 0 Å². The van der Waals surface area contributed by atoms with Crippen LogP contribution in [0.4, 0.5) is 0 Å². The maximum Gasteiger partial charge on any atom is 0.167 e. The van der Waals surface area contributed by atoms with Crippen molar-refractivity contribution in [1.29, 1.82) is 0 Å². The molecule has 0 aliphatic carbocycles. The zero-order valence-corrected chi connectivity index (χ0v) is 13.0. The first-order valence-corrected chi connectivity index (χ1v) is 7.62. The van der Waals surface area contributed by atoms with Crippen LogP contribution < -0.4 is 4.74 Å². The van der Waals surface area contributed by atoms with Crippen LogP contribution in [-0.4, -0.2) is 5.78 Å². The van der Waals surface area contributed by atoms with Crippen LogP contribution in [0.3, 0.4) is 0 Å². The molecule has 0 radical (unpaired) electrons. The van der Waals surface area contributed by atoms with E-state index >= 15 is 0 Å². The lowest BCUT2D eigenvalue weighted by Gasteiger charge is -2.07. The van der Waals surface area contributed by atoms with E-state index < -0.39 is 0 Å². The van der Waals surface area contributed by atoms with Gasteiger partial charge in [-0.05, 0) is 48.9 Å². The Hall–Kier alpha value is -2.87. The first kappa shape index (κ1) is 15.0. The van der Waals surface area contributed by atoms with E-state index in [0.29, 0.717) is 12.0 Å². The van der Waals surface area contributed by atoms with Crippen molar-refractivity contribution in [1.82, 2.24) is 0 Å². The lowest BCUT2D eigenvalue weighted by Crippen LogP contribution is -2.03. The van der Waals surface area contributed by atoms with Crippen molar-refractivity contribution < 1.29 is 9.53 Å². The quantitative estimate of drug-likeness (QED) is 0.604. The lowest BCUT2D eigenvalue weighted by molar-refractivity contribution is 0.0993. The molecule has 0 aromatic heterocycles. The third-order valence-electron chi connectivity index (χ3n) is 3.60. The van der Waals surface area contributed by atoms with Gasteiger partial charge in [-0.3, -0.25) is 4.79 Å². The minimum Gasteiger partial charge on any atom is -0.457 e. The summed E-state index contributed by atoms with van der Waals surface area (Å²) >= 11 is 0. The van der Waals surface area contributed by atoms with E-state index in [1.54, 1.807) is 0 Å². The summed E-state index contributed by atoms with van der Waals surface area (Å²) in [5.74, 6) is 1.62. The van der Waals surface area contributed by atoms with Crippen molar-refractivity contribution in [3.8, 4) is 11.5 Å². The van der Waals surface area contributed by atoms with Crippen molar-refractivity contribution in [2.45, 2.75) is 13.3 Å². The molecule has 23 heavy (non-hydrogen) atoms. The molecule has 0 saturated heterocycles. The minimum atomic E-state index is 0.113. The highest BCUT2D eigenvalue weighted by Gasteiger charge is 2.07. The van der Waals surface area contributed by atoms with Crippen molar-refractivity contribution in [3.63, 3.8) is 0 Å². The second-order valence-electron chi connectivity index (χ2n) is 5.53. The average molecular weight is 302 g/mol. The average Bonchev–Trinajstić information content (AvgIpc) is 2.56. The van der Waals surface area contributed by atoms with Gasteiger partial charge in [0.05, 0.1) is 0 Å². The fraction of sp³-hybridized carbons (Fsp3) is 0.0952. The Morgan fingerprint density at radius 1 is 0.826 bits per heavy atom. The molecule has 0 N–H and O–H groups in total. The number of para-hydroxylation sites is 1.